The molecule has 0 saturated carbocycles. The number of fused-ring (bicyclic) bond motifs is 1. The topological polar surface area (TPSA) is 66.5 Å². The van der Waals surface area contributed by atoms with Gasteiger partial charge in [0, 0.05) is 17.8 Å². The second-order valence-electron chi connectivity index (χ2n) is 6.80. The van der Waals surface area contributed by atoms with Crippen molar-refractivity contribution in [2.75, 3.05) is 16.2 Å². The van der Waals surface area contributed by atoms with E-state index in [0.717, 1.165) is 16.8 Å². The van der Waals surface area contributed by atoms with E-state index in [4.69, 9.17) is 0 Å². The van der Waals surface area contributed by atoms with Crippen LogP contribution in [0.25, 0.3) is 0 Å². The molecule has 0 saturated heterocycles. The minimum atomic E-state index is -3.66. The molecule has 0 aromatic heterocycles. The lowest BCUT2D eigenvalue weighted by molar-refractivity contribution is 0.102. The van der Waals surface area contributed by atoms with Crippen LogP contribution >= 0.6 is 0 Å². The zero-order valence-electron chi connectivity index (χ0n) is 15.4. The first kappa shape index (κ1) is 18.3. The third-order valence-corrected chi connectivity index (χ3v) is 6.65. The first-order valence-electron chi connectivity index (χ1n) is 9.04. The maximum atomic E-state index is 13.0. The van der Waals surface area contributed by atoms with Crippen LogP contribution in [0.5, 0.6) is 0 Å². The highest BCUT2D eigenvalue weighted by Crippen LogP contribution is 2.32. The molecule has 0 bridgehead atoms. The SMILES string of the molecule is Cc1cccc(NC(=O)c2ccc(S(=O)(=O)N3CCc4ccccc43)cc2)c1. The highest BCUT2D eigenvalue weighted by molar-refractivity contribution is 7.92. The summed E-state index contributed by atoms with van der Waals surface area (Å²) in [7, 11) is -3.66. The number of amides is 1. The Morgan fingerprint density at radius 3 is 2.46 bits per heavy atom. The minimum Gasteiger partial charge on any atom is -0.322 e. The molecule has 5 nitrogen and oxygen atoms in total. The van der Waals surface area contributed by atoms with E-state index in [-0.39, 0.29) is 10.8 Å². The summed E-state index contributed by atoms with van der Waals surface area (Å²) in [5, 5.41) is 2.83. The average Bonchev–Trinajstić information content (AvgIpc) is 3.13. The van der Waals surface area contributed by atoms with Gasteiger partial charge in [0.15, 0.2) is 0 Å². The van der Waals surface area contributed by atoms with Gasteiger partial charge in [-0.1, -0.05) is 30.3 Å². The summed E-state index contributed by atoms with van der Waals surface area (Å²) in [6, 6.07) is 21.1. The molecule has 3 aromatic rings. The summed E-state index contributed by atoms with van der Waals surface area (Å²) < 4.78 is 27.5. The van der Waals surface area contributed by atoms with Crippen LogP contribution < -0.4 is 9.62 Å². The Kier molecular flexibility index (Phi) is 4.65. The molecule has 0 aliphatic carbocycles. The summed E-state index contributed by atoms with van der Waals surface area (Å²) in [5.74, 6) is -0.277. The second-order valence-corrected chi connectivity index (χ2v) is 8.67. The quantitative estimate of drug-likeness (QED) is 0.730. The summed E-state index contributed by atoms with van der Waals surface area (Å²) in [6.07, 6.45) is 0.701. The zero-order valence-corrected chi connectivity index (χ0v) is 16.2. The standard InChI is InChI=1S/C22H20N2O3S/c1-16-5-4-7-19(15-16)23-22(25)18-9-11-20(12-10-18)28(26,27)24-14-13-17-6-2-3-8-21(17)24/h2-12,15H,13-14H2,1H3,(H,23,25). The molecule has 6 heteroatoms. The molecule has 1 N–H and O–H groups in total. The van der Waals surface area contributed by atoms with Crippen molar-refractivity contribution in [1.82, 2.24) is 0 Å². The number of carbonyl (C=O) groups excluding carboxylic acids is 1. The van der Waals surface area contributed by atoms with Crippen LogP contribution in [-0.4, -0.2) is 20.9 Å². The number of carbonyl (C=O) groups is 1. The number of nitrogens with zero attached hydrogens (tertiary/aromatic N) is 1. The fraction of sp³-hybridized carbons (Fsp3) is 0.136. The normalized spacial score (nSPS) is 13.2. The van der Waals surface area contributed by atoms with Crippen LogP contribution in [0.2, 0.25) is 0 Å². The smallest absolute Gasteiger partial charge is 0.264 e. The van der Waals surface area contributed by atoms with E-state index in [1.54, 1.807) is 12.1 Å². The Morgan fingerprint density at radius 2 is 1.71 bits per heavy atom. The molecule has 1 amide bonds. The van der Waals surface area contributed by atoms with E-state index >= 15 is 0 Å². The molecule has 1 heterocycles. The summed E-state index contributed by atoms with van der Waals surface area (Å²) in [5.41, 5.74) is 3.91. The molecule has 0 atom stereocenters. The molecule has 0 radical (unpaired) electrons. The van der Waals surface area contributed by atoms with Gasteiger partial charge < -0.3 is 5.32 Å². The van der Waals surface area contributed by atoms with Crippen LogP contribution in [0, 0.1) is 6.92 Å². The molecule has 28 heavy (non-hydrogen) atoms. The molecule has 4 rings (SSSR count). The monoisotopic (exact) mass is 392 g/mol. The van der Waals surface area contributed by atoms with E-state index in [2.05, 4.69) is 5.32 Å². The van der Waals surface area contributed by atoms with Crippen LogP contribution in [-0.2, 0) is 16.4 Å². The predicted molar refractivity (Wildman–Crippen MR) is 110 cm³/mol. The summed E-state index contributed by atoms with van der Waals surface area (Å²) in [4.78, 5) is 12.6. The van der Waals surface area contributed by atoms with Crippen LogP contribution in [0.3, 0.4) is 0 Å². The van der Waals surface area contributed by atoms with Gasteiger partial charge >= 0.3 is 0 Å². The van der Waals surface area contributed by atoms with Crippen molar-refractivity contribution in [3.8, 4) is 0 Å². The maximum Gasteiger partial charge on any atom is 0.264 e. The van der Waals surface area contributed by atoms with Gasteiger partial charge in [0.05, 0.1) is 10.6 Å². The molecule has 142 valence electrons. The van der Waals surface area contributed by atoms with Crippen molar-refractivity contribution in [3.05, 3.63) is 89.5 Å². The summed E-state index contributed by atoms with van der Waals surface area (Å²) >= 11 is 0. The lowest BCUT2D eigenvalue weighted by Crippen LogP contribution is -2.29. The molecular weight excluding hydrogens is 372 g/mol. The summed E-state index contributed by atoms with van der Waals surface area (Å²) in [6.45, 7) is 2.38. The first-order valence-corrected chi connectivity index (χ1v) is 10.5. The van der Waals surface area contributed by atoms with Crippen molar-refractivity contribution in [2.24, 2.45) is 0 Å². The van der Waals surface area contributed by atoms with Gasteiger partial charge in [0.1, 0.15) is 0 Å². The van der Waals surface area contributed by atoms with Gasteiger partial charge in [-0.25, -0.2) is 8.42 Å². The van der Waals surface area contributed by atoms with Gasteiger partial charge in [0.25, 0.3) is 15.9 Å². The highest BCUT2D eigenvalue weighted by atomic mass is 32.2. The van der Waals surface area contributed by atoms with Gasteiger partial charge in [-0.2, -0.15) is 0 Å². The Balaban J connectivity index is 1.55. The molecule has 1 aliphatic rings. The van der Waals surface area contributed by atoms with Gasteiger partial charge in [-0.15, -0.1) is 0 Å². The van der Waals surface area contributed by atoms with E-state index in [1.165, 1.54) is 16.4 Å². The minimum absolute atomic E-state index is 0.177. The number of nitrogens with one attached hydrogen (secondary N) is 1. The number of hydrogen-bond acceptors (Lipinski definition) is 3. The highest BCUT2D eigenvalue weighted by Gasteiger charge is 2.30. The molecule has 3 aromatic carbocycles. The van der Waals surface area contributed by atoms with Crippen LogP contribution in [0.4, 0.5) is 11.4 Å². The number of benzene rings is 3. The van der Waals surface area contributed by atoms with E-state index in [9.17, 15) is 13.2 Å². The van der Waals surface area contributed by atoms with Gasteiger partial charge in [0.2, 0.25) is 0 Å². The Hall–Kier alpha value is -3.12. The van der Waals surface area contributed by atoms with Crippen LogP contribution in [0.15, 0.2) is 77.7 Å². The molecule has 0 fully saturated rings. The molecule has 1 aliphatic heterocycles. The number of sulfonamides is 1. The number of hydrogen-bond donors (Lipinski definition) is 1. The van der Waals surface area contributed by atoms with Crippen molar-refractivity contribution in [2.45, 2.75) is 18.2 Å². The molecular formula is C22H20N2O3S. The first-order chi connectivity index (χ1) is 13.4. The van der Waals surface area contributed by atoms with E-state index in [1.807, 2.05) is 55.5 Å². The average molecular weight is 392 g/mol. The third-order valence-electron chi connectivity index (χ3n) is 4.82. The van der Waals surface area contributed by atoms with Crippen molar-refractivity contribution >= 4 is 27.3 Å². The Labute approximate surface area is 164 Å². The van der Waals surface area contributed by atoms with Crippen molar-refractivity contribution in [1.29, 1.82) is 0 Å². The van der Waals surface area contributed by atoms with Gasteiger partial charge in [-0.3, -0.25) is 9.10 Å². The van der Waals surface area contributed by atoms with Crippen LogP contribution in [0.1, 0.15) is 21.5 Å². The zero-order chi connectivity index (χ0) is 19.7. The largest absolute Gasteiger partial charge is 0.322 e. The van der Waals surface area contributed by atoms with Gasteiger partial charge in [-0.05, 0) is 66.9 Å². The van der Waals surface area contributed by atoms with Crippen molar-refractivity contribution in [3.63, 3.8) is 0 Å². The lowest BCUT2D eigenvalue weighted by atomic mass is 10.2. The number of aryl methyl sites for hydroxylation is 1. The second kappa shape index (κ2) is 7.13. The Morgan fingerprint density at radius 1 is 0.964 bits per heavy atom. The Bertz CT molecular complexity index is 1140. The fourth-order valence-electron chi connectivity index (χ4n) is 3.39. The van der Waals surface area contributed by atoms with E-state index < -0.39 is 10.0 Å². The molecule has 0 unspecified atom stereocenters. The maximum absolute atomic E-state index is 13.0. The molecule has 0 spiro atoms. The third kappa shape index (κ3) is 3.39. The fourth-order valence-corrected chi connectivity index (χ4v) is 4.89. The van der Waals surface area contributed by atoms with E-state index in [0.29, 0.717) is 24.2 Å². The number of anilines is 2. The number of rotatable bonds is 4. The lowest BCUT2D eigenvalue weighted by Gasteiger charge is -2.19. The number of para-hydroxylation sites is 1. The van der Waals surface area contributed by atoms with Crippen molar-refractivity contribution < 1.29 is 13.2 Å². The predicted octanol–water partition coefficient (Wildman–Crippen LogP) is 4.00.